The Morgan fingerprint density at radius 2 is 1.93 bits per heavy atom. The van der Waals surface area contributed by atoms with Gasteiger partial charge >= 0.3 is 0 Å². The zero-order chi connectivity index (χ0) is 10.7. The summed E-state index contributed by atoms with van der Waals surface area (Å²) in [5.41, 5.74) is 0. The second kappa shape index (κ2) is 4.78. The summed E-state index contributed by atoms with van der Waals surface area (Å²) in [6.07, 6.45) is 2.51. The number of carbonyl (C=O) groups is 1. The van der Waals surface area contributed by atoms with Crippen LogP contribution in [0.1, 0.15) is 40.5 Å². The van der Waals surface area contributed by atoms with Crippen LogP contribution in [-0.4, -0.2) is 29.6 Å². The molecule has 1 fully saturated rings. The summed E-state index contributed by atoms with van der Waals surface area (Å²) in [6, 6.07) is -0.000591. The molecule has 0 saturated carbocycles. The number of amides is 1. The molecule has 1 N–H and O–H groups in total. The highest BCUT2D eigenvalue weighted by molar-refractivity contribution is 5.83. The second-order valence-electron chi connectivity index (χ2n) is 4.24. The van der Waals surface area contributed by atoms with Crippen molar-refractivity contribution in [3.63, 3.8) is 0 Å². The Kier molecular flexibility index (Phi) is 3.93. The van der Waals surface area contributed by atoms with E-state index in [1.807, 2.05) is 11.8 Å². The third-order valence-corrected chi connectivity index (χ3v) is 3.22. The highest BCUT2D eigenvalue weighted by atomic mass is 16.2. The highest BCUT2D eigenvalue weighted by Gasteiger charge is 2.33. The van der Waals surface area contributed by atoms with Crippen LogP contribution in [0.25, 0.3) is 0 Å². The Morgan fingerprint density at radius 1 is 1.36 bits per heavy atom. The van der Waals surface area contributed by atoms with Crippen LogP contribution in [0.4, 0.5) is 0 Å². The van der Waals surface area contributed by atoms with Gasteiger partial charge in [-0.05, 0) is 19.8 Å². The van der Waals surface area contributed by atoms with E-state index in [0.717, 1.165) is 19.4 Å². The molecule has 2 atom stereocenters. The van der Waals surface area contributed by atoms with Crippen molar-refractivity contribution in [2.75, 3.05) is 6.54 Å². The SMILES string of the molecule is CCC(CC)CN1C(=O)C(C)NC1C. The summed E-state index contributed by atoms with van der Waals surface area (Å²) in [5.74, 6) is 0.901. The normalized spacial score (nSPS) is 27.8. The second-order valence-corrected chi connectivity index (χ2v) is 4.24. The quantitative estimate of drug-likeness (QED) is 0.744. The lowest BCUT2D eigenvalue weighted by Gasteiger charge is -2.25. The number of nitrogens with zero attached hydrogens (tertiary/aromatic N) is 1. The maximum Gasteiger partial charge on any atom is 0.240 e. The number of rotatable bonds is 4. The average molecular weight is 198 g/mol. The average Bonchev–Trinajstić information content (AvgIpc) is 2.40. The van der Waals surface area contributed by atoms with E-state index in [1.165, 1.54) is 0 Å². The fourth-order valence-electron chi connectivity index (χ4n) is 2.04. The monoisotopic (exact) mass is 198 g/mol. The van der Waals surface area contributed by atoms with Crippen molar-refractivity contribution in [3.8, 4) is 0 Å². The molecule has 1 aliphatic rings. The van der Waals surface area contributed by atoms with Crippen molar-refractivity contribution in [2.24, 2.45) is 5.92 Å². The highest BCUT2D eigenvalue weighted by Crippen LogP contribution is 2.16. The lowest BCUT2D eigenvalue weighted by atomic mass is 10.0. The molecule has 0 bridgehead atoms. The predicted octanol–water partition coefficient (Wildman–Crippen LogP) is 1.59. The molecular weight excluding hydrogens is 176 g/mol. The van der Waals surface area contributed by atoms with Crippen LogP contribution in [0.2, 0.25) is 0 Å². The zero-order valence-electron chi connectivity index (χ0n) is 9.71. The fourth-order valence-corrected chi connectivity index (χ4v) is 2.04. The first kappa shape index (κ1) is 11.5. The Labute approximate surface area is 86.9 Å². The molecule has 1 saturated heterocycles. The largest absolute Gasteiger partial charge is 0.326 e. The minimum Gasteiger partial charge on any atom is -0.326 e. The van der Waals surface area contributed by atoms with Gasteiger partial charge in [-0.15, -0.1) is 0 Å². The lowest BCUT2D eigenvalue weighted by molar-refractivity contribution is -0.130. The molecule has 0 aromatic rings. The van der Waals surface area contributed by atoms with Gasteiger partial charge in [0, 0.05) is 6.54 Å². The van der Waals surface area contributed by atoms with Gasteiger partial charge in [0.15, 0.2) is 0 Å². The minimum atomic E-state index is -0.000591. The summed E-state index contributed by atoms with van der Waals surface area (Å²) in [5, 5.41) is 3.25. The van der Waals surface area contributed by atoms with Crippen molar-refractivity contribution < 1.29 is 4.79 Å². The van der Waals surface area contributed by atoms with E-state index in [9.17, 15) is 4.79 Å². The first-order chi connectivity index (χ1) is 6.60. The maximum absolute atomic E-state index is 11.7. The van der Waals surface area contributed by atoms with Crippen molar-refractivity contribution in [3.05, 3.63) is 0 Å². The lowest BCUT2D eigenvalue weighted by Crippen LogP contribution is -2.38. The van der Waals surface area contributed by atoms with Crippen LogP contribution in [0.3, 0.4) is 0 Å². The third-order valence-electron chi connectivity index (χ3n) is 3.22. The first-order valence-corrected chi connectivity index (χ1v) is 5.66. The molecule has 0 aromatic carbocycles. The Hall–Kier alpha value is -0.570. The van der Waals surface area contributed by atoms with E-state index >= 15 is 0 Å². The van der Waals surface area contributed by atoms with E-state index in [1.54, 1.807) is 0 Å². The summed E-state index contributed by atoms with van der Waals surface area (Å²) >= 11 is 0. The molecule has 1 heterocycles. The van der Waals surface area contributed by atoms with E-state index in [-0.39, 0.29) is 18.1 Å². The van der Waals surface area contributed by atoms with Crippen molar-refractivity contribution in [1.29, 1.82) is 0 Å². The van der Waals surface area contributed by atoms with Crippen LogP contribution in [0.15, 0.2) is 0 Å². The molecule has 3 nitrogen and oxygen atoms in total. The van der Waals surface area contributed by atoms with Gasteiger partial charge in [0.2, 0.25) is 5.91 Å². The van der Waals surface area contributed by atoms with E-state index < -0.39 is 0 Å². The zero-order valence-corrected chi connectivity index (χ0v) is 9.71. The summed E-state index contributed by atoms with van der Waals surface area (Å²) in [4.78, 5) is 13.7. The van der Waals surface area contributed by atoms with Gasteiger partial charge in [0.1, 0.15) is 0 Å². The van der Waals surface area contributed by atoms with E-state index in [0.29, 0.717) is 5.92 Å². The van der Waals surface area contributed by atoms with Gasteiger partial charge < -0.3 is 4.90 Å². The number of hydrogen-bond acceptors (Lipinski definition) is 2. The molecule has 0 aromatic heterocycles. The Balaban J connectivity index is 2.55. The van der Waals surface area contributed by atoms with Crippen LogP contribution in [-0.2, 0) is 4.79 Å². The van der Waals surface area contributed by atoms with Crippen LogP contribution < -0.4 is 5.32 Å². The van der Waals surface area contributed by atoms with Crippen LogP contribution in [0.5, 0.6) is 0 Å². The molecule has 1 rings (SSSR count). The number of nitrogens with one attached hydrogen (secondary N) is 1. The minimum absolute atomic E-state index is 0.000591. The third kappa shape index (κ3) is 2.27. The van der Waals surface area contributed by atoms with Gasteiger partial charge in [0.05, 0.1) is 12.2 Å². The molecule has 1 aliphatic heterocycles. The van der Waals surface area contributed by atoms with Gasteiger partial charge in [-0.25, -0.2) is 0 Å². The number of hydrogen-bond donors (Lipinski definition) is 1. The molecule has 1 amide bonds. The van der Waals surface area contributed by atoms with E-state index in [2.05, 4.69) is 26.1 Å². The standard InChI is InChI=1S/C11H22N2O/c1-5-10(6-2)7-13-9(4)12-8(3)11(13)14/h8-10,12H,5-7H2,1-4H3. The molecule has 0 radical (unpaired) electrons. The Bertz CT molecular complexity index is 201. The van der Waals surface area contributed by atoms with E-state index in [4.69, 9.17) is 0 Å². The van der Waals surface area contributed by atoms with Gasteiger partial charge in [-0.3, -0.25) is 10.1 Å². The summed E-state index contributed by atoms with van der Waals surface area (Å²) < 4.78 is 0. The fraction of sp³-hybridized carbons (Fsp3) is 0.909. The summed E-state index contributed by atoms with van der Waals surface area (Å²) in [6.45, 7) is 9.28. The molecule has 82 valence electrons. The number of carbonyl (C=O) groups excluding carboxylic acids is 1. The molecule has 0 spiro atoms. The van der Waals surface area contributed by atoms with Crippen molar-refractivity contribution in [2.45, 2.75) is 52.7 Å². The molecule has 14 heavy (non-hydrogen) atoms. The van der Waals surface area contributed by atoms with Crippen LogP contribution in [0, 0.1) is 5.92 Å². The molecule has 3 heteroatoms. The van der Waals surface area contributed by atoms with Gasteiger partial charge in [-0.2, -0.15) is 0 Å². The van der Waals surface area contributed by atoms with Gasteiger partial charge in [-0.1, -0.05) is 26.7 Å². The van der Waals surface area contributed by atoms with Crippen molar-refractivity contribution >= 4 is 5.91 Å². The van der Waals surface area contributed by atoms with Gasteiger partial charge in [0.25, 0.3) is 0 Å². The molecule has 2 unspecified atom stereocenters. The summed E-state index contributed by atoms with van der Waals surface area (Å²) in [7, 11) is 0. The maximum atomic E-state index is 11.7. The smallest absolute Gasteiger partial charge is 0.240 e. The first-order valence-electron chi connectivity index (χ1n) is 5.66. The molecule has 0 aliphatic carbocycles. The Morgan fingerprint density at radius 3 is 2.29 bits per heavy atom. The predicted molar refractivity (Wildman–Crippen MR) is 57.8 cm³/mol. The van der Waals surface area contributed by atoms with Crippen molar-refractivity contribution in [1.82, 2.24) is 10.2 Å². The molecular formula is C11H22N2O. The van der Waals surface area contributed by atoms with Crippen LogP contribution >= 0.6 is 0 Å². The topological polar surface area (TPSA) is 32.3 Å².